The number of rotatable bonds is 6. The molecule has 1 aliphatic heterocycles. The van der Waals surface area contributed by atoms with Crippen LogP contribution in [-0.2, 0) is 9.47 Å². The summed E-state index contributed by atoms with van der Waals surface area (Å²) < 4.78 is 12.4. The maximum atomic E-state index is 6.19. The normalized spacial score (nSPS) is 21.4. The Morgan fingerprint density at radius 3 is 2.20 bits per heavy atom. The molecule has 1 aliphatic carbocycles. The second-order valence-electron chi connectivity index (χ2n) is 7.40. The quantitative estimate of drug-likeness (QED) is 0.775. The molecule has 25 heavy (non-hydrogen) atoms. The van der Waals surface area contributed by atoms with Gasteiger partial charge in [-0.3, -0.25) is 0 Å². The highest BCUT2D eigenvalue weighted by Crippen LogP contribution is 2.42. The van der Waals surface area contributed by atoms with Gasteiger partial charge < -0.3 is 14.8 Å². The maximum absolute atomic E-state index is 6.19. The number of hydrogen-bond donors (Lipinski definition) is 1. The molecule has 0 spiro atoms. The van der Waals surface area contributed by atoms with Crippen LogP contribution in [-0.4, -0.2) is 33.1 Å². The molecule has 1 saturated heterocycles. The van der Waals surface area contributed by atoms with Crippen molar-refractivity contribution in [3.05, 3.63) is 35.9 Å². The molecular formula is C22H37NO2. The zero-order chi connectivity index (χ0) is 18.0. The fourth-order valence-electron chi connectivity index (χ4n) is 4.30. The van der Waals surface area contributed by atoms with Gasteiger partial charge in [-0.25, -0.2) is 0 Å². The van der Waals surface area contributed by atoms with Crippen LogP contribution in [0.5, 0.6) is 0 Å². The first-order valence-corrected chi connectivity index (χ1v) is 10.2. The number of ether oxygens (including phenoxy) is 2. The Bertz CT molecular complexity index is 450. The zero-order valence-corrected chi connectivity index (χ0v) is 16.4. The molecule has 1 atom stereocenters. The van der Waals surface area contributed by atoms with Crippen LogP contribution in [0.25, 0.3) is 0 Å². The van der Waals surface area contributed by atoms with E-state index >= 15 is 0 Å². The van der Waals surface area contributed by atoms with Gasteiger partial charge >= 0.3 is 0 Å². The summed E-state index contributed by atoms with van der Waals surface area (Å²) in [6.45, 7) is 3.85. The molecule has 0 radical (unpaired) electrons. The van der Waals surface area contributed by atoms with Crippen molar-refractivity contribution in [1.82, 2.24) is 5.32 Å². The minimum absolute atomic E-state index is 0.275. The number of hydrogen-bond acceptors (Lipinski definition) is 3. The van der Waals surface area contributed by atoms with E-state index in [1.54, 1.807) is 0 Å². The van der Waals surface area contributed by atoms with Crippen LogP contribution in [0.4, 0.5) is 0 Å². The van der Waals surface area contributed by atoms with Gasteiger partial charge in [-0.1, -0.05) is 56.5 Å². The lowest BCUT2D eigenvalue weighted by Crippen LogP contribution is -2.40. The minimum atomic E-state index is -0.275. The highest BCUT2D eigenvalue weighted by atomic mass is 16.7. The Hall–Kier alpha value is -0.900. The zero-order valence-electron chi connectivity index (χ0n) is 16.4. The molecule has 2 aliphatic rings. The molecule has 1 aromatic rings. The van der Waals surface area contributed by atoms with Crippen molar-refractivity contribution in [1.29, 1.82) is 0 Å². The van der Waals surface area contributed by atoms with Gasteiger partial charge in [0.2, 0.25) is 0 Å². The summed E-state index contributed by atoms with van der Waals surface area (Å²) in [5.41, 5.74) is 1.46. The summed E-state index contributed by atoms with van der Waals surface area (Å²) >= 11 is 0. The van der Waals surface area contributed by atoms with Crippen LogP contribution in [0.3, 0.4) is 0 Å². The van der Waals surface area contributed by atoms with Gasteiger partial charge in [0.15, 0.2) is 5.79 Å². The Labute approximate surface area is 154 Å². The monoisotopic (exact) mass is 347 g/mol. The molecule has 2 fully saturated rings. The van der Waals surface area contributed by atoms with Crippen molar-refractivity contribution in [2.75, 3.05) is 27.3 Å². The average Bonchev–Trinajstić information content (AvgIpc) is 3.15. The smallest absolute Gasteiger partial charge is 0.171 e. The van der Waals surface area contributed by atoms with Gasteiger partial charge in [0, 0.05) is 12.3 Å². The van der Waals surface area contributed by atoms with Crippen LogP contribution in [0, 0.1) is 5.92 Å². The molecule has 3 nitrogen and oxygen atoms in total. The van der Waals surface area contributed by atoms with Crippen molar-refractivity contribution in [3.63, 3.8) is 0 Å². The van der Waals surface area contributed by atoms with E-state index in [0.717, 1.165) is 26.1 Å². The van der Waals surface area contributed by atoms with Crippen LogP contribution in [0.15, 0.2) is 30.3 Å². The first kappa shape index (κ1) is 20.4. The molecule has 3 rings (SSSR count). The fraction of sp³-hybridized carbons (Fsp3) is 0.727. The van der Waals surface area contributed by atoms with Gasteiger partial charge in [-0.15, -0.1) is 0 Å². The van der Waals surface area contributed by atoms with Gasteiger partial charge in [0.05, 0.1) is 13.2 Å². The van der Waals surface area contributed by atoms with E-state index in [1.165, 1.54) is 44.1 Å². The van der Waals surface area contributed by atoms with Crippen LogP contribution < -0.4 is 5.32 Å². The number of nitrogens with one attached hydrogen (secondary N) is 1. The summed E-state index contributed by atoms with van der Waals surface area (Å²) in [7, 11) is 3.75. The van der Waals surface area contributed by atoms with E-state index < -0.39 is 0 Å². The predicted octanol–water partition coefficient (Wildman–Crippen LogP) is 5.12. The number of benzene rings is 1. The third kappa shape index (κ3) is 5.80. The third-order valence-electron chi connectivity index (χ3n) is 5.61. The maximum Gasteiger partial charge on any atom is 0.171 e. The molecule has 0 aromatic heterocycles. The highest BCUT2D eigenvalue weighted by molar-refractivity contribution is 5.19. The van der Waals surface area contributed by atoms with Crippen LogP contribution in [0.2, 0.25) is 0 Å². The molecule has 3 heteroatoms. The van der Waals surface area contributed by atoms with E-state index in [-0.39, 0.29) is 5.79 Å². The summed E-state index contributed by atoms with van der Waals surface area (Å²) in [6.07, 6.45) is 10.0. The third-order valence-corrected chi connectivity index (χ3v) is 5.61. The summed E-state index contributed by atoms with van der Waals surface area (Å²) in [6, 6.07) is 10.9. The van der Waals surface area contributed by atoms with Crippen molar-refractivity contribution in [2.24, 2.45) is 5.92 Å². The second-order valence-corrected chi connectivity index (χ2v) is 7.40. The largest absolute Gasteiger partial charge is 0.347 e. The van der Waals surface area contributed by atoms with E-state index in [9.17, 15) is 0 Å². The fourth-order valence-corrected chi connectivity index (χ4v) is 4.30. The minimum Gasteiger partial charge on any atom is -0.347 e. The van der Waals surface area contributed by atoms with E-state index in [0.29, 0.717) is 11.8 Å². The SMILES string of the molecule is CCC(CCC1(C2CCCCC2)OCCO1)c1ccccc1.CNC. The van der Waals surface area contributed by atoms with Crippen molar-refractivity contribution in [2.45, 2.75) is 70.0 Å². The molecule has 0 bridgehead atoms. The van der Waals surface area contributed by atoms with Crippen LogP contribution in [0.1, 0.15) is 69.8 Å². The first-order chi connectivity index (χ1) is 12.3. The van der Waals surface area contributed by atoms with E-state index in [1.807, 2.05) is 14.1 Å². The van der Waals surface area contributed by atoms with Crippen molar-refractivity contribution >= 4 is 0 Å². The lowest BCUT2D eigenvalue weighted by atomic mass is 9.79. The van der Waals surface area contributed by atoms with Gasteiger partial charge in [0.1, 0.15) is 0 Å². The molecule has 1 aromatic carbocycles. The van der Waals surface area contributed by atoms with Crippen LogP contribution >= 0.6 is 0 Å². The molecule has 1 saturated carbocycles. The molecule has 142 valence electrons. The lowest BCUT2D eigenvalue weighted by molar-refractivity contribution is -0.207. The highest BCUT2D eigenvalue weighted by Gasteiger charge is 2.44. The van der Waals surface area contributed by atoms with Gasteiger partial charge in [-0.2, -0.15) is 0 Å². The van der Waals surface area contributed by atoms with E-state index in [4.69, 9.17) is 9.47 Å². The average molecular weight is 348 g/mol. The summed E-state index contributed by atoms with van der Waals surface area (Å²) in [5, 5.41) is 2.75. The molecule has 1 N–H and O–H groups in total. The van der Waals surface area contributed by atoms with Gasteiger partial charge in [0.25, 0.3) is 0 Å². The predicted molar refractivity (Wildman–Crippen MR) is 105 cm³/mol. The van der Waals surface area contributed by atoms with Crippen molar-refractivity contribution in [3.8, 4) is 0 Å². The van der Waals surface area contributed by atoms with Gasteiger partial charge in [-0.05, 0) is 51.3 Å². The molecule has 0 amide bonds. The Kier molecular flexibility index (Phi) is 8.94. The standard InChI is InChI=1S/C20H30O2.C2H7N/c1-2-17(18-9-5-3-6-10-18)13-14-20(21-15-16-22-20)19-11-7-4-8-12-19;1-3-2/h3,5-6,9-10,17,19H,2,4,7-8,11-16H2,1H3;3H,1-2H3. The summed E-state index contributed by atoms with van der Waals surface area (Å²) in [4.78, 5) is 0. The summed E-state index contributed by atoms with van der Waals surface area (Å²) in [5.74, 6) is 0.953. The Morgan fingerprint density at radius 2 is 1.64 bits per heavy atom. The first-order valence-electron chi connectivity index (χ1n) is 10.2. The molecule has 1 unspecified atom stereocenters. The second kappa shape index (κ2) is 10.9. The molecular weight excluding hydrogens is 310 g/mol. The van der Waals surface area contributed by atoms with Crippen molar-refractivity contribution < 1.29 is 9.47 Å². The van der Waals surface area contributed by atoms with E-state index in [2.05, 4.69) is 42.6 Å². The Morgan fingerprint density at radius 1 is 1.04 bits per heavy atom. The lowest BCUT2D eigenvalue weighted by Gasteiger charge is -2.38. The topological polar surface area (TPSA) is 30.5 Å². The Balaban J connectivity index is 0.000000701. The molecule has 1 heterocycles.